The van der Waals surface area contributed by atoms with E-state index >= 15 is 0 Å². The smallest absolute Gasteiger partial charge is 0.107 e. The summed E-state index contributed by atoms with van der Waals surface area (Å²) in [5.41, 5.74) is 13.5. The van der Waals surface area contributed by atoms with Crippen LogP contribution in [0.5, 0.6) is 0 Å². The zero-order chi connectivity index (χ0) is 20.8. The number of allylic oxidation sites excluding steroid dienone is 1. The maximum atomic E-state index is 6.33. The molecule has 0 amide bonds. The Kier molecular flexibility index (Phi) is 4.42. The van der Waals surface area contributed by atoms with Crippen molar-refractivity contribution in [3.63, 3.8) is 0 Å². The highest BCUT2D eigenvalue weighted by atomic mass is 14.3. The minimum atomic E-state index is 0.389. The van der Waals surface area contributed by atoms with E-state index in [0.29, 0.717) is 5.92 Å². The maximum Gasteiger partial charge on any atom is 0.107 e. The van der Waals surface area contributed by atoms with Crippen molar-refractivity contribution >= 4 is 13.9 Å². The van der Waals surface area contributed by atoms with E-state index in [-0.39, 0.29) is 0 Å². The molecule has 6 rings (SSSR count). The molecule has 146 valence electrons. The molecule has 0 aromatic heterocycles. The quantitative estimate of drug-likeness (QED) is 0.316. The van der Waals surface area contributed by atoms with E-state index in [4.69, 9.17) is 7.85 Å². The lowest BCUT2D eigenvalue weighted by atomic mass is 9.70. The topological polar surface area (TPSA) is 0 Å². The second kappa shape index (κ2) is 7.43. The van der Waals surface area contributed by atoms with Crippen LogP contribution in [0.4, 0.5) is 0 Å². The molecule has 2 radical (unpaired) electrons. The van der Waals surface area contributed by atoms with Gasteiger partial charge in [-0.1, -0.05) is 91.0 Å². The highest BCUT2D eigenvalue weighted by Gasteiger charge is 2.30. The molecule has 2 aliphatic carbocycles. The predicted molar refractivity (Wildman–Crippen MR) is 131 cm³/mol. The van der Waals surface area contributed by atoms with Gasteiger partial charge in [-0.3, -0.25) is 0 Å². The summed E-state index contributed by atoms with van der Waals surface area (Å²) in [5, 5.41) is 0. The van der Waals surface area contributed by atoms with E-state index in [0.717, 1.165) is 24.7 Å². The molecule has 0 spiro atoms. The Bertz CT molecular complexity index is 1300. The Hall–Kier alpha value is -3.32. The minimum Gasteiger partial charge on any atom is -0.117 e. The van der Waals surface area contributed by atoms with Crippen LogP contribution in [0.1, 0.15) is 40.2 Å². The molecule has 2 aliphatic rings. The standard InChI is InChI=1S/C30H23B/c31-22-15-16-25-28(17-22)27(21-11-5-2-6-12-21)19-29-24-14-8-7-13-23(24)26(18-30(25)29)20-9-3-1-4-10-20/h1-14,17,19,26H,15-16,18H2. The number of benzene rings is 4. The fraction of sp³-hybridized carbons (Fsp3) is 0.133. The van der Waals surface area contributed by atoms with Gasteiger partial charge in [0.2, 0.25) is 0 Å². The molecule has 0 nitrogen and oxygen atoms in total. The molecule has 0 fully saturated rings. The van der Waals surface area contributed by atoms with Crippen molar-refractivity contribution in [2.24, 2.45) is 0 Å². The first kappa shape index (κ1) is 18.5. The van der Waals surface area contributed by atoms with E-state index < -0.39 is 0 Å². The highest BCUT2D eigenvalue weighted by Crippen LogP contribution is 2.48. The molecule has 0 heterocycles. The van der Waals surface area contributed by atoms with Crippen molar-refractivity contribution in [3.8, 4) is 22.3 Å². The van der Waals surface area contributed by atoms with E-state index in [2.05, 4.69) is 97.1 Å². The van der Waals surface area contributed by atoms with Crippen molar-refractivity contribution in [3.05, 3.63) is 124 Å². The van der Waals surface area contributed by atoms with Crippen LogP contribution in [-0.4, -0.2) is 7.85 Å². The molecule has 0 N–H and O–H groups in total. The number of rotatable bonds is 2. The van der Waals surface area contributed by atoms with Gasteiger partial charge in [-0.05, 0) is 75.4 Å². The minimum absolute atomic E-state index is 0.389. The third kappa shape index (κ3) is 3.08. The summed E-state index contributed by atoms with van der Waals surface area (Å²) in [6.45, 7) is 0. The SMILES string of the molecule is [B]C1=Cc2c(-c3ccccc3)cc3c(c2CC1)CC(c1ccccc1)c1ccccc1-3. The monoisotopic (exact) mass is 394 g/mol. The molecule has 1 heteroatoms. The molecule has 4 aromatic carbocycles. The van der Waals surface area contributed by atoms with Crippen molar-refractivity contribution in [1.82, 2.24) is 0 Å². The van der Waals surface area contributed by atoms with Gasteiger partial charge < -0.3 is 0 Å². The van der Waals surface area contributed by atoms with Crippen LogP contribution in [0.2, 0.25) is 0 Å². The Balaban J connectivity index is 1.64. The molecule has 0 saturated carbocycles. The molecule has 1 atom stereocenters. The van der Waals surface area contributed by atoms with E-state index in [1.807, 2.05) is 0 Å². The molecule has 31 heavy (non-hydrogen) atoms. The van der Waals surface area contributed by atoms with Crippen molar-refractivity contribution in [2.75, 3.05) is 0 Å². The van der Waals surface area contributed by atoms with Crippen LogP contribution in [0, 0.1) is 0 Å². The Morgan fingerprint density at radius 1 is 0.645 bits per heavy atom. The molecule has 0 bridgehead atoms. The predicted octanol–water partition coefficient (Wildman–Crippen LogP) is 7.16. The largest absolute Gasteiger partial charge is 0.117 e. The fourth-order valence-electron chi connectivity index (χ4n) is 5.45. The van der Waals surface area contributed by atoms with E-state index in [9.17, 15) is 0 Å². The third-order valence-electron chi connectivity index (χ3n) is 6.91. The molecular formula is C30H23B. The Morgan fingerprint density at radius 2 is 1.35 bits per heavy atom. The zero-order valence-corrected chi connectivity index (χ0v) is 17.5. The normalized spacial score (nSPS) is 16.6. The summed E-state index contributed by atoms with van der Waals surface area (Å²) in [5.74, 6) is 0.389. The molecule has 1 unspecified atom stereocenters. The van der Waals surface area contributed by atoms with Gasteiger partial charge in [-0.15, -0.1) is 5.47 Å². The Morgan fingerprint density at radius 3 is 2.16 bits per heavy atom. The second-order valence-corrected chi connectivity index (χ2v) is 8.68. The summed E-state index contributed by atoms with van der Waals surface area (Å²) in [4.78, 5) is 0. The zero-order valence-electron chi connectivity index (χ0n) is 17.5. The average Bonchev–Trinajstić information content (AvgIpc) is 2.84. The van der Waals surface area contributed by atoms with Gasteiger partial charge in [0, 0.05) is 5.92 Å². The molecule has 0 aliphatic heterocycles. The van der Waals surface area contributed by atoms with Crippen LogP contribution in [-0.2, 0) is 12.8 Å². The van der Waals surface area contributed by atoms with Crippen molar-refractivity contribution in [2.45, 2.75) is 25.2 Å². The lowest BCUT2D eigenvalue weighted by Crippen LogP contribution is -2.17. The highest BCUT2D eigenvalue weighted by molar-refractivity contribution is 6.24. The van der Waals surface area contributed by atoms with Gasteiger partial charge in [0.05, 0.1) is 0 Å². The lowest BCUT2D eigenvalue weighted by Gasteiger charge is -2.33. The van der Waals surface area contributed by atoms with Crippen LogP contribution >= 0.6 is 0 Å². The third-order valence-corrected chi connectivity index (χ3v) is 6.91. The van der Waals surface area contributed by atoms with Crippen molar-refractivity contribution in [1.29, 1.82) is 0 Å². The number of hydrogen-bond donors (Lipinski definition) is 0. The van der Waals surface area contributed by atoms with Crippen LogP contribution in [0.3, 0.4) is 0 Å². The lowest BCUT2D eigenvalue weighted by molar-refractivity contribution is 0.777. The Labute approximate surface area is 185 Å². The van der Waals surface area contributed by atoms with Gasteiger partial charge in [-0.2, -0.15) is 0 Å². The van der Waals surface area contributed by atoms with Crippen molar-refractivity contribution < 1.29 is 0 Å². The molecule has 4 aromatic rings. The fourth-order valence-corrected chi connectivity index (χ4v) is 5.45. The molecule has 0 saturated heterocycles. The van der Waals surface area contributed by atoms with Gasteiger partial charge in [-0.25, -0.2) is 0 Å². The van der Waals surface area contributed by atoms with E-state index in [1.54, 1.807) is 0 Å². The van der Waals surface area contributed by atoms with Gasteiger partial charge in [0.1, 0.15) is 7.85 Å². The summed E-state index contributed by atoms with van der Waals surface area (Å²) >= 11 is 0. The van der Waals surface area contributed by atoms with Crippen LogP contribution in [0.15, 0.2) is 96.5 Å². The first-order valence-electron chi connectivity index (χ1n) is 11.1. The summed E-state index contributed by atoms with van der Waals surface area (Å²) in [6.07, 6.45) is 5.22. The number of fused-ring (bicyclic) bond motifs is 5. The second-order valence-electron chi connectivity index (χ2n) is 8.68. The first-order chi connectivity index (χ1) is 15.3. The van der Waals surface area contributed by atoms with Crippen LogP contribution in [0.25, 0.3) is 28.3 Å². The van der Waals surface area contributed by atoms with Crippen LogP contribution < -0.4 is 0 Å². The van der Waals surface area contributed by atoms with Gasteiger partial charge >= 0.3 is 0 Å². The average molecular weight is 394 g/mol. The maximum absolute atomic E-state index is 6.33. The summed E-state index contributed by atoms with van der Waals surface area (Å²) in [6, 6.07) is 33.1. The summed E-state index contributed by atoms with van der Waals surface area (Å²) in [7, 11) is 6.33. The van der Waals surface area contributed by atoms with Gasteiger partial charge in [0.15, 0.2) is 0 Å². The first-order valence-corrected chi connectivity index (χ1v) is 11.1. The van der Waals surface area contributed by atoms with E-state index in [1.165, 1.54) is 50.1 Å². The summed E-state index contributed by atoms with van der Waals surface area (Å²) < 4.78 is 0. The number of hydrogen-bond acceptors (Lipinski definition) is 0. The molecular weight excluding hydrogens is 371 g/mol. The van der Waals surface area contributed by atoms with Gasteiger partial charge in [0.25, 0.3) is 0 Å².